The number of likely N-dealkylation sites (N-methyl/N-ethyl adjacent to an activating group) is 1. The van der Waals surface area contributed by atoms with Gasteiger partial charge in [0.1, 0.15) is 12.4 Å². The highest BCUT2D eigenvalue weighted by Gasteiger charge is 2.21. The van der Waals surface area contributed by atoms with Gasteiger partial charge in [0.2, 0.25) is 0 Å². The van der Waals surface area contributed by atoms with Gasteiger partial charge < -0.3 is 15.0 Å². The third-order valence-corrected chi connectivity index (χ3v) is 3.58. The second kappa shape index (κ2) is 6.36. The summed E-state index contributed by atoms with van der Waals surface area (Å²) < 4.78 is 5.86. The maximum absolute atomic E-state index is 12.2. The number of hydrogen-bond donors (Lipinski definition) is 2. The number of H-pyrrole nitrogens is 1. The molecule has 1 amide bonds. The van der Waals surface area contributed by atoms with Crippen LogP contribution in [0.2, 0.25) is 0 Å². The number of carbonyl (C=O) groups excluding carboxylic acids is 2. The van der Waals surface area contributed by atoms with E-state index in [4.69, 9.17) is 4.74 Å². The Bertz CT molecular complexity index is 853. The first-order valence-electron chi connectivity index (χ1n) is 7.24. The van der Waals surface area contributed by atoms with Crippen molar-refractivity contribution < 1.29 is 14.3 Å². The number of aromatic amines is 1. The fraction of sp³-hybridized carbons (Fsp3) is 0.111. The first-order valence-corrected chi connectivity index (χ1v) is 7.24. The lowest BCUT2D eigenvalue weighted by Gasteiger charge is -2.09. The van der Waals surface area contributed by atoms with Crippen LogP contribution in [0.1, 0.15) is 15.9 Å². The van der Waals surface area contributed by atoms with Crippen LogP contribution in [0.3, 0.4) is 0 Å². The summed E-state index contributed by atoms with van der Waals surface area (Å²) in [6.07, 6.45) is 1.54. The molecular formula is C18H16N2O3. The monoisotopic (exact) mass is 308 g/mol. The van der Waals surface area contributed by atoms with Crippen molar-refractivity contribution >= 4 is 22.6 Å². The predicted octanol–water partition coefficient (Wildman–Crippen LogP) is 2.68. The molecule has 0 aliphatic carbocycles. The van der Waals surface area contributed by atoms with E-state index in [1.807, 2.05) is 42.5 Å². The van der Waals surface area contributed by atoms with Crippen LogP contribution in [-0.2, 0) is 11.4 Å². The van der Waals surface area contributed by atoms with Crippen LogP contribution in [0, 0.1) is 0 Å². The minimum atomic E-state index is -0.649. The van der Waals surface area contributed by atoms with Crippen molar-refractivity contribution in [3.05, 3.63) is 65.9 Å². The highest BCUT2D eigenvalue weighted by molar-refractivity contribution is 6.45. The summed E-state index contributed by atoms with van der Waals surface area (Å²) in [5, 5.41) is 2.97. The molecule has 0 aliphatic heterocycles. The van der Waals surface area contributed by atoms with Crippen molar-refractivity contribution in [3.63, 3.8) is 0 Å². The highest BCUT2D eigenvalue weighted by atomic mass is 16.5. The van der Waals surface area contributed by atoms with Gasteiger partial charge in [0.05, 0.1) is 10.9 Å². The standard InChI is InChI=1S/C18H16N2O3/c1-19-18(22)17(21)13-10-20-14-8-5-9-15(16(13)14)23-11-12-6-3-2-4-7-12/h2-10,20H,11H2,1H3,(H,19,22). The summed E-state index contributed by atoms with van der Waals surface area (Å²) >= 11 is 0. The van der Waals surface area contributed by atoms with Gasteiger partial charge in [0.15, 0.2) is 0 Å². The minimum absolute atomic E-state index is 0.308. The lowest BCUT2D eigenvalue weighted by molar-refractivity contribution is -0.116. The molecular weight excluding hydrogens is 292 g/mol. The largest absolute Gasteiger partial charge is 0.488 e. The van der Waals surface area contributed by atoms with Crippen LogP contribution < -0.4 is 10.1 Å². The average Bonchev–Trinajstić information content (AvgIpc) is 3.04. The quantitative estimate of drug-likeness (QED) is 0.562. The fourth-order valence-electron chi connectivity index (χ4n) is 2.42. The van der Waals surface area contributed by atoms with Crippen LogP contribution in [0.25, 0.3) is 10.9 Å². The number of ketones is 1. The van der Waals surface area contributed by atoms with Crippen LogP contribution >= 0.6 is 0 Å². The molecule has 0 spiro atoms. The van der Waals surface area contributed by atoms with Crippen LogP contribution in [0.4, 0.5) is 0 Å². The maximum atomic E-state index is 12.2. The lowest BCUT2D eigenvalue weighted by Crippen LogP contribution is -2.27. The molecule has 0 saturated heterocycles. The van der Waals surface area contributed by atoms with Crippen LogP contribution in [0.5, 0.6) is 5.75 Å². The Balaban J connectivity index is 1.95. The van der Waals surface area contributed by atoms with Gasteiger partial charge in [-0.3, -0.25) is 9.59 Å². The zero-order valence-electron chi connectivity index (χ0n) is 12.6. The van der Waals surface area contributed by atoms with E-state index >= 15 is 0 Å². The molecule has 5 nitrogen and oxygen atoms in total. The molecule has 3 rings (SSSR count). The SMILES string of the molecule is CNC(=O)C(=O)c1c[nH]c2cccc(OCc3ccccc3)c12. The van der Waals surface area contributed by atoms with E-state index < -0.39 is 11.7 Å². The minimum Gasteiger partial charge on any atom is -0.488 e. The van der Waals surface area contributed by atoms with Crippen LogP contribution in [0.15, 0.2) is 54.7 Å². The van der Waals surface area contributed by atoms with Crippen molar-refractivity contribution in [1.29, 1.82) is 0 Å². The average molecular weight is 308 g/mol. The molecule has 23 heavy (non-hydrogen) atoms. The molecule has 0 fully saturated rings. The van der Waals surface area contributed by atoms with Gasteiger partial charge in [-0.1, -0.05) is 36.4 Å². The van der Waals surface area contributed by atoms with Gasteiger partial charge in [0.25, 0.3) is 11.7 Å². The molecule has 116 valence electrons. The molecule has 2 N–H and O–H groups in total. The van der Waals surface area contributed by atoms with Crippen molar-refractivity contribution in [2.75, 3.05) is 7.05 Å². The number of fused-ring (bicyclic) bond motifs is 1. The van der Waals surface area contributed by atoms with Crippen molar-refractivity contribution in [2.24, 2.45) is 0 Å². The Hall–Kier alpha value is -3.08. The molecule has 2 aromatic carbocycles. The second-order valence-corrected chi connectivity index (χ2v) is 5.06. The number of nitrogens with one attached hydrogen (secondary N) is 2. The summed E-state index contributed by atoms with van der Waals surface area (Å²) in [6.45, 7) is 0.388. The molecule has 1 heterocycles. The van der Waals surface area contributed by atoms with E-state index in [1.54, 1.807) is 6.07 Å². The summed E-state index contributed by atoms with van der Waals surface area (Å²) in [5.74, 6) is -0.668. The van der Waals surface area contributed by atoms with E-state index in [0.29, 0.717) is 23.3 Å². The number of hydrogen-bond acceptors (Lipinski definition) is 3. The zero-order chi connectivity index (χ0) is 16.2. The normalized spacial score (nSPS) is 10.5. The molecule has 3 aromatic rings. The van der Waals surface area contributed by atoms with Gasteiger partial charge in [-0.2, -0.15) is 0 Å². The van der Waals surface area contributed by atoms with Gasteiger partial charge in [-0.15, -0.1) is 0 Å². The van der Waals surface area contributed by atoms with E-state index in [2.05, 4.69) is 10.3 Å². The Morgan fingerprint density at radius 1 is 1.09 bits per heavy atom. The van der Waals surface area contributed by atoms with E-state index in [1.165, 1.54) is 13.2 Å². The third-order valence-electron chi connectivity index (χ3n) is 3.58. The number of amides is 1. The zero-order valence-corrected chi connectivity index (χ0v) is 12.6. The molecule has 0 bridgehead atoms. The Morgan fingerprint density at radius 2 is 1.87 bits per heavy atom. The number of benzene rings is 2. The molecule has 5 heteroatoms. The third kappa shape index (κ3) is 2.94. The Labute approximate surface area is 133 Å². The van der Waals surface area contributed by atoms with E-state index in [-0.39, 0.29) is 0 Å². The molecule has 0 saturated carbocycles. The first-order chi connectivity index (χ1) is 11.2. The van der Waals surface area contributed by atoms with Gasteiger partial charge >= 0.3 is 0 Å². The van der Waals surface area contributed by atoms with Crippen LogP contribution in [-0.4, -0.2) is 23.7 Å². The first kappa shape index (κ1) is 14.8. The number of ether oxygens (including phenoxy) is 1. The Kier molecular flexibility index (Phi) is 4.10. The number of aromatic nitrogens is 1. The number of rotatable bonds is 5. The van der Waals surface area contributed by atoms with Gasteiger partial charge in [0, 0.05) is 18.8 Å². The van der Waals surface area contributed by atoms with Gasteiger partial charge in [-0.05, 0) is 17.7 Å². The number of carbonyl (C=O) groups is 2. The molecule has 0 radical (unpaired) electrons. The fourth-order valence-corrected chi connectivity index (χ4v) is 2.42. The molecule has 1 aromatic heterocycles. The van der Waals surface area contributed by atoms with Crippen molar-refractivity contribution in [3.8, 4) is 5.75 Å². The summed E-state index contributed by atoms with van der Waals surface area (Å²) in [4.78, 5) is 26.8. The lowest BCUT2D eigenvalue weighted by atomic mass is 10.1. The summed E-state index contributed by atoms with van der Waals surface area (Å²) in [5.41, 5.74) is 2.09. The molecule has 0 atom stereocenters. The van der Waals surface area contributed by atoms with Gasteiger partial charge in [-0.25, -0.2) is 0 Å². The maximum Gasteiger partial charge on any atom is 0.292 e. The van der Waals surface area contributed by atoms with Crippen molar-refractivity contribution in [2.45, 2.75) is 6.61 Å². The predicted molar refractivity (Wildman–Crippen MR) is 87.5 cm³/mol. The second-order valence-electron chi connectivity index (χ2n) is 5.06. The Morgan fingerprint density at radius 3 is 2.61 bits per heavy atom. The van der Waals surface area contributed by atoms with E-state index in [9.17, 15) is 9.59 Å². The summed E-state index contributed by atoms with van der Waals surface area (Å²) in [7, 11) is 1.43. The van der Waals surface area contributed by atoms with Crippen molar-refractivity contribution in [1.82, 2.24) is 10.3 Å². The van der Waals surface area contributed by atoms with E-state index in [0.717, 1.165) is 11.1 Å². The number of Topliss-reactive ketones (excluding diaryl/α,β-unsaturated/α-hetero) is 1. The molecule has 0 aliphatic rings. The topological polar surface area (TPSA) is 71.2 Å². The smallest absolute Gasteiger partial charge is 0.292 e. The molecule has 0 unspecified atom stereocenters. The highest BCUT2D eigenvalue weighted by Crippen LogP contribution is 2.29. The summed E-state index contributed by atoms with van der Waals surface area (Å²) in [6, 6.07) is 15.2.